The second-order valence-corrected chi connectivity index (χ2v) is 6.81. The molecule has 1 aromatic carbocycles. The third-order valence-electron chi connectivity index (χ3n) is 3.42. The van der Waals surface area contributed by atoms with Gasteiger partial charge in [-0.1, -0.05) is 29.3 Å². The molecule has 2 aromatic heterocycles. The fourth-order valence-corrected chi connectivity index (χ4v) is 3.84. The van der Waals surface area contributed by atoms with Crippen LogP contribution in [0.25, 0.3) is 10.2 Å². The van der Waals surface area contributed by atoms with E-state index in [-0.39, 0.29) is 10.4 Å². The molecule has 0 fully saturated rings. The predicted molar refractivity (Wildman–Crippen MR) is 91.2 cm³/mol. The Morgan fingerprint density at radius 1 is 1.39 bits per heavy atom. The lowest BCUT2D eigenvalue weighted by Crippen LogP contribution is -2.12. The molecule has 0 spiro atoms. The quantitative estimate of drug-likeness (QED) is 0.734. The lowest BCUT2D eigenvalue weighted by atomic mass is 10.1. The van der Waals surface area contributed by atoms with Gasteiger partial charge in [0.1, 0.15) is 15.5 Å². The Morgan fingerprint density at radius 3 is 2.78 bits per heavy atom. The van der Waals surface area contributed by atoms with Crippen molar-refractivity contribution < 1.29 is 9.90 Å². The molecular formula is C15H10Cl2N2O3S. The van der Waals surface area contributed by atoms with Crippen molar-refractivity contribution in [3.63, 3.8) is 0 Å². The highest BCUT2D eigenvalue weighted by Crippen LogP contribution is 2.28. The highest BCUT2D eigenvalue weighted by Gasteiger charge is 2.18. The molecule has 3 aromatic rings. The van der Waals surface area contributed by atoms with Crippen molar-refractivity contribution in [1.29, 1.82) is 0 Å². The molecule has 0 aliphatic heterocycles. The van der Waals surface area contributed by atoms with Crippen LogP contribution in [0.3, 0.4) is 0 Å². The number of nitrogens with one attached hydrogen (secondary N) is 1. The monoisotopic (exact) mass is 368 g/mol. The number of aromatic carboxylic acids is 1. The van der Waals surface area contributed by atoms with Gasteiger partial charge >= 0.3 is 5.97 Å². The third kappa shape index (κ3) is 2.97. The van der Waals surface area contributed by atoms with Crippen molar-refractivity contribution in [3.8, 4) is 0 Å². The van der Waals surface area contributed by atoms with Crippen LogP contribution < -0.4 is 5.56 Å². The molecule has 0 atom stereocenters. The van der Waals surface area contributed by atoms with Gasteiger partial charge in [-0.15, -0.1) is 11.3 Å². The number of benzene rings is 1. The van der Waals surface area contributed by atoms with Crippen molar-refractivity contribution in [2.75, 3.05) is 0 Å². The lowest BCUT2D eigenvalue weighted by molar-refractivity contribution is 0.0701. The molecule has 0 saturated heterocycles. The third-order valence-corrected chi connectivity index (χ3v) is 5.18. The Kier molecular flexibility index (Phi) is 4.14. The van der Waals surface area contributed by atoms with Crippen LogP contribution >= 0.6 is 34.5 Å². The topological polar surface area (TPSA) is 83.0 Å². The van der Waals surface area contributed by atoms with E-state index in [1.807, 2.05) is 0 Å². The van der Waals surface area contributed by atoms with Crippen LogP contribution in [0.1, 0.15) is 26.6 Å². The zero-order chi connectivity index (χ0) is 16.7. The molecular weight excluding hydrogens is 359 g/mol. The van der Waals surface area contributed by atoms with E-state index in [1.165, 1.54) is 0 Å². The average molecular weight is 369 g/mol. The van der Waals surface area contributed by atoms with E-state index in [0.717, 1.165) is 16.9 Å². The van der Waals surface area contributed by atoms with Crippen molar-refractivity contribution in [2.45, 2.75) is 13.3 Å². The summed E-state index contributed by atoms with van der Waals surface area (Å²) < 4.78 is 0. The van der Waals surface area contributed by atoms with Crippen molar-refractivity contribution in [3.05, 3.63) is 60.4 Å². The Balaban J connectivity index is 2.09. The number of rotatable bonds is 3. The van der Waals surface area contributed by atoms with E-state index in [1.54, 1.807) is 25.1 Å². The van der Waals surface area contributed by atoms with E-state index in [9.17, 15) is 9.59 Å². The van der Waals surface area contributed by atoms with Crippen LogP contribution in [-0.4, -0.2) is 21.0 Å². The number of carboxylic acid groups (broad SMARTS) is 1. The average Bonchev–Trinajstić information content (AvgIpc) is 2.80. The van der Waals surface area contributed by atoms with Crippen LogP contribution in [0.4, 0.5) is 0 Å². The summed E-state index contributed by atoms with van der Waals surface area (Å²) in [5.74, 6) is -0.642. The summed E-state index contributed by atoms with van der Waals surface area (Å²) >= 11 is 13.0. The maximum Gasteiger partial charge on any atom is 0.346 e. The number of halogens is 2. The van der Waals surface area contributed by atoms with Gasteiger partial charge in [0.25, 0.3) is 5.56 Å². The molecule has 0 aliphatic carbocycles. The Hall–Kier alpha value is -1.89. The number of aromatic nitrogens is 2. The molecule has 0 aliphatic rings. The lowest BCUT2D eigenvalue weighted by Gasteiger charge is -2.04. The number of carbonyl (C=O) groups is 1. The number of fused-ring (bicyclic) bond motifs is 1. The number of H-pyrrole nitrogens is 1. The summed E-state index contributed by atoms with van der Waals surface area (Å²) in [6.07, 6.45) is 0.320. The molecule has 0 saturated carbocycles. The number of hydrogen-bond acceptors (Lipinski definition) is 4. The largest absolute Gasteiger partial charge is 0.477 e. The first-order chi connectivity index (χ1) is 10.9. The maximum atomic E-state index is 12.2. The van der Waals surface area contributed by atoms with Gasteiger partial charge in [0.15, 0.2) is 0 Å². The normalized spacial score (nSPS) is 11.1. The number of nitrogens with zero attached hydrogens (tertiary/aromatic N) is 1. The summed E-state index contributed by atoms with van der Waals surface area (Å²) in [5, 5.41) is 10.5. The van der Waals surface area contributed by atoms with Gasteiger partial charge in [-0.3, -0.25) is 4.79 Å². The molecule has 0 amide bonds. The first kappa shape index (κ1) is 16.0. The van der Waals surface area contributed by atoms with Crippen LogP contribution in [0.15, 0.2) is 23.0 Å². The minimum Gasteiger partial charge on any atom is -0.477 e. The van der Waals surface area contributed by atoms with Crippen molar-refractivity contribution >= 4 is 50.7 Å². The van der Waals surface area contributed by atoms with E-state index in [0.29, 0.717) is 38.1 Å². The van der Waals surface area contributed by atoms with E-state index in [2.05, 4.69) is 9.97 Å². The van der Waals surface area contributed by atoms with E-state index in [4.69, 9.17) is 28.3 Å². The standard InChI is InChI=1S/C15H10Cl2N2O3S/c1-6-11-13(20)18-10(19-14(11)23-12(6)15(21)22)4-7-2-3-8(16)5-9(7)17/h2-3,5H,4H2,1H3,(H,21,22)(H,18,19,20). The van der Waals surface area contributed by atoms with Gasteiger partial charge in [0.2, 0.25) is 0 Å². The molecule has 8 heteroatoms. The van der Waals surface area contributed by atoms with E-state index >= 15 is 0 Å². The van der Waals surface area contributed by atoms with Gasteiger partial charge in [-0.05, 0) is 30.2 Å². The van der Waals surface area contributed by atoms with Gasteiger partial charge in [-0.25, -0.2) is 9.78 Å². The minimum atomic E-state index is -1.06. The molecule has 0 unspecified atom stereocenters. The first-order valence-electron chi connectivity index (χ1n) is 6.56. The fraction of sp³-hybridized carbons (Fsp3) is 0.133. The minimum absolute atomic E-state index is 0.125. The Bertz CT molecular complexity index is 994. The van der Waals surface area contributed by atoms with Crippen LogP contribution in [0.2, 0.25) is 10.0 Å². The predicted octanol–water partition coefficient (Wildman–Crippen LogP) is 3.89. The second kappa shape index (κ2) is 5.96. The number of aryl methyl sites for hydroxylation is 1. The highest BCUT2D eigenvalue weighted by molar-refractivity contribution is 7.20. The summed E-state index contributed by atoms with van der Waals surface area (Å²) in [4.78, 5) is 31.0. The number of carboxylic acids is 1. The summed E-state index contributed by atoms with van der Waals surface area (Å²) in [6.45, 7) is 1.61. The summed E-state index contributed by atoms with van der Waals surface area (Å²) in [6, 6.07) is 5.08. The first-order valence-corrected chi connectivity index (χ1v) is 8.13. The molecule has 2 N–H and O–H groups in total. The highest BCUT2D eigenvalue weighted by atomic mass is 35.5. The number of hydrogen-bond donors (Lipinski definition) is 2. The fourth-order valence-electron chi connectivity index (χ4n) is 2.32. The molecule has 0 bridgehead atoms. The molecule has 5 nitrogen and oxygen atoms in total. The van der Waals surface area contributed by atoms with Gasteiger partial charge in [-0.2, -0.15) is 0 Å². The zero-order valence-corrected chi connectivity index (χ0v) is 14.1. The second-order valence-electron chi connectivity index (χ2n) is 4.97. The molecule has 118 valence electrons. The Labute approximate surface area is 144 Å². The van der Waals surface area contributed by atoms with Crippen molar-refractivity contribution in [1.82, 2.24) is 9.97 Å². The van der Waals surface area contributed by atoms with Crippen LogP contribution in [-0.2, 0) is 6.42 Å². The number of aromatic amines is 1. The van der Waals surface area contributed by atoms with Crippen molar-refractivity contribution in [2.24, 2.45) is 0 Å². The molecule has 2 heterocycles. The van der Waals surface area contributed by atoms with Crippen LogP contribution in [0, 0.1) is 6.92 Å². The smallest absolute Gasteiger partial charge is 0.346 e. The maximum absolute atomic E-state index is 12.2. The van der Waals surface area contributed by atoms with Gasteiger partial charge < -0.3 is 10.1 Å². The number of thiophene rings is 1. The molecule has 0 radical (unpaired) electrons. The van der Waals surface area contributed by atoms with Gasteiger partial charge in [0.05, 0.1) is 5.39 Å². The molecule has 23 heavy (non-hydrogen) atoms. The Morgan fingerprint density at radius 2 is 2.13 bits per heavy atom. The SMILES string of the molecule is Cc1c(C(=O)O)sc2nc(Cc3ccc(Cl)cc3Cl)[nH]c(=O)c12. The van der Waals surface area contributed by atoms with Crippen LogP contribution in [0.5, 0.6) is 0 Å². The summed E-state index contributed by atoms with van der Waals surface area (Å²) in [5.41, 5.74) is 0.851. The summed E-state index contributed by atoms with van der Waals surface area (Å²) in [7, 11) is 0. The molecule has 3 rings (SSSR count). The van der Waals surface area contributed by atoms with E-state index < -0.39 is 5.97 Å². The van der Waals surface area contributed by atoms with Gasteiger partial charge in [0, 0.05) is 16.5 Å². The zero-order valence-electron chi connectivity index (χ0n) is 11.8.